The number of hydrogen-bond acceptors (Lipinski definition) is 2. The van der Waals surface area contributed by atoms with Crippen LogP contribution in [0.25, 0.3) is 0 Å². The maximum atomic E-state index is 12.1. The maximum absolute atomic E-state index is 12.1. The molecule has 2 nitrogen and oxygen atoms in total. The molecule has 0 aromatic carbocycles. The molecule has 0 aromatic rings. The SMILES string of the molecule is COCC(NC(C)CC(F)(F)F)C(C)C. The molecule has 0 spiro atoms. The summed E-state index contributed by atoms with van der Waals surface area (Å²) in [7, 11) is 1.55. The third-order valence-electron chi connectivity index (χ3n) is 2.19. The van der Waals surface area contributed by atoms with Crippen LogP contribution in [0.4, 0.5) is 13.2 Å². The van der Waals surface area contributed by atoms with E-state index in [4.69, 9.17) is 4.74 Å². The van der Waals surface area contributed by atoms with Crippen molar-refractivity contribution in [1.82, 2.24) is 5.32 Å². The summed E-state index contributed by atoms with van der Waals surface area (Å²) in [5.74, 6) is 0.251. The van der Waals surface area contributed by atoms with Gasteiger partial charge in [-0.3, -0.25) is 0 Å². The summed E-state index contributed by atoms with van der Waals surface area (Å²) in [5.41, 5.74) is 0. The molecule has 0 rings (SSSR count). The van der Waals surface area contributed by atoms with Crippen LogP contribution in [0.3, 0.4) is 0 Å². The smallest absolute Gasteiger partial charge is 0.383 e. The molecular weight excluding hydrogens is 207 g/mol. The quantitative estimate of drug-likeness (QED) is 0.753. The minimum absolute atomic E-state index is 0.0349. The summed E-state index contributed by atoms with van der Waals surface area (Å²) in [6, 6.07) is -0.611. The van der Waals surface area contributed by atoms with Gasteiger partial charge in [0.15, 0.2) is 0 Å². The summed E-state index contributed by atoms with van der Waals surface area (Å²) in [5, 5.41) is 2.93. The van der Waals surface area contributed by atoms with E-state index in [9.17, 15) is 13.2 Å². The minimum atomic E-state index is -4.11. The predicted octanol–water partition coefficient (Wildman–Crippen LogP) is 2.59. The van der Waals surface area contributed by atoms with Crippen molar-refractivity contribution < 1.29 is 17.9 Å². The molecule has 0 aliphatic heterocycles. The Labute approximate surface area is 89.2 Å². The van der Waals surface area contributed by atoms with E-state index >= 15 is 0 Å². The molecule has 0 amide bonds. The molecule has 0 aliphatic rings. The largest absolute Gasteiger partial charge is 0.390 e. The predicted molar refractivity (Wildman–Crippen MR) is 53.8 cm³/mol. The monoisotopic (exact) mass is 227 g/mol. The molecule has 0 radical (unpaired) electrons. The van der Waals surface area contributed by atoms with Gasteiger partial charge in [0.1, 0.15) is 0 Å². The van der Waals surface area contributed by atoms with Gasteiger partial charge in [0, 0.05) is 19.2 Å². The van der Waals surface area contributed by atoms with E-state index in [0.29, 0.717) is 6.61 Å². The Morgan fingerprint density at radius 1 is 1.20 bits per heavy atom. The normalized spacial score (nSPS) is 16.8. The lowest BCUT2D eigenvalue weighted by atomic mass is 10.0. The zero-order chi connectivity index (χ0) is 12.1. The highest BCUT2D eigenvalue weighted by Crippen LogP contribution is 2.21. The minimum Gasteiger partial charge on any atom is -0.383 e. The molecule has 0 aliphatic carbocycles. The van der Waals surface area contributed by atoms with Crippen molar-refractivity contribution in [2.24, 2.45) is 5.92 Å². The Morgan fingerprint density at radius 2 is 1.73 bits per heavy atom. The molecular formula is C10H20F3NO. The summed E-state index contributed by atoms with van der Waals surface area (Å²) in [6.45, 7) is 5.88. The van der Waals surface area contributed by atoms with E-state index in [1.165, 1.54) is 0 Å². The highest BCUT2D eigenvalue weighted by atomic mass is 19.4. The lowest BCUT2D eigenvalue weighted by Crippen LogP contribution is -2.44. The Morgan fingerprint density at radius 3 is 2.07 bits per heavy atom. The van der Waals surface area contributed by atoms with Crippen molar-refractivity contribution in [3.8, 4) is 0 Å². The number of methoxy groups -OCH3 is 1. The van der Waals surface area contributed by atoms with Crippen LogP contribution in [0.15, 0.2) is 0 Å². The summed E-state index contributed by atoms with van der Waals surface area (Å²) in [6.07, 6.45) is -4.92. The molecule has 0 saturated carbocycles. The highest BCUT2D eigenvalue weighted by Gasteiger charge is 2.31. The standard InChI is InChI=1S/C10H20F3NO/c1-7(2)9(6-15-4)14-8(3)5-10(11,12)13/h7-9,14H,5-6H2,1-4H3. The van der Waals surface area contributed by atoms with E-state index in [2.05, 4.69) is 5.32 Å². The zero-order valence-corrected chi connectivity index (χ0v) is 9.69. The fourth-order valence-electron chi connectivity index (χ4n) is 1.38. The van der Waals surface area contributed by atoms with Crippen molar-refractivity contribution in [2.45, 2.75) is 45.5 Å². The maximum Gasteiger partial charge on any atom is 0.390 e. The molecule has 15 heavy (non-hydrogen) atoms. The van der Waals surface area contributed by atoms with Crippen LogP contribution in [-0.4, -0.2) is 32.0 Å². The lowest BCUT2D eigenvalue weighted by molar-refractivity contribution is -0.139. The van der Waals surface area contributed by atoms with Crippen molar-refractivity contribution in [1.29, 1.82) is 0 Å². The molecule has 0 heterocycles. The molecule has 0 saturated heterocycles. The molecule has 0 aromatic heterocycles. The number of hydrogen-bond donors (Lipinski definition) is 1. The summed E-state index contributed by atoms with van der Waals surface area (Å²) in [4.78, 5) is 0. The molecule has 92 valence electrons. The fourth-order valence-corrected chi connectivity index (χ4v) is 1.38. The first-order chi connectivity index (χ1) is 6.76. The van der Waals surface area contributed by atoms with Gasteiger partial charge in [-0.15, -0.1) is 0 Å². The van der Waals surface area contributed by atoms with E-state index < -0.39 is 18.6 Å². The first-order valence-corrected chi connectivity index (χ1v) is 5.08. The topological polar surface area (TPSA) is 21.3 Å². The van der Waals surface area contributed by atoms with Crippen molar-refractivity contribution in [3.05, 3.63) is 0 Å². The number of alkyl halides is 3. The first kappa shape index (κ1) is 14.7. The van der Waals surface area contributed by atoms with E-state index in [0.717, 1.165) is 0 Å². The van der Waals surface area contributed by atoms with E-state index in [-0.39, 0.29) is 12.0 Å². The second-order valence-corrected chi connectivity index (χ2v) is 4.19. The van der Waals surface area contributed by atoms with Crippen molar-refractivity contribution in [2.75, 3.05) is 13.7 Å². The molecule has 0 fully saturated rings. The van der Waals surface area contributed by atoms with Gasteiger partial charge in [0.25, 0.3) is 0 Å². The van der Waals surface area contributed by atoms with Gasteiger partial charge in [-0.1, -0.05) is 13.8 Å². The average molecular weight is 227 g/mol. The zero-order valence-electron chi connectivity index (χ0n) is 9.69. The molecule has 2 unspecified atom stereocenters. The summed E-state index contributed by atoms with van der Waals surface area (Å²) < 4.78 is 41.2. The van der Waals surface area contributed by atoms with Crippen molar-refractivity contribution >= 4 is 0 Å². The van der Waals surface area contributed by atoms with Gasteiger partial charge in [0.05, 0.1) is 13.0 Å². The molecule has 0 bridgehead atoms. The number of nitrogens with one attached hydrogen (secondary N) is 1. The summed E-state index contributed by atoms with van der Waals surface area (Å²) >= 11 is 0. The molecule has 2 atom stereocenters. The first-order valence-electron chi connectivity index (χ1n) is 5.08. The average Bonchev–Trinajstić information content (AvgIpc) is 1.99. The highest BCUT2D eigenvalue weighted by molar-refractivity contribution is 4.75. The van der Waals surface area contributed by atoms with Gasteiger partial charge >= 0.3 is 6.18 Å². The van der Waals surface area contributed by atoms with Crippen LogP contribution in [0.2, 0.25) is 0 Å². The van der Waals surface area contributed by atoms with Crippen LogP contribution in [0.1, 0.15) is 27.2 Å². The second kappa shape index (κ2) is 6.33. The Balaban J connectivity index is 4.05. The van der Waals surface area contributed by atoms with E-state index in [1.54, 1.807) is 14.0 Å². The third-order valence-corrected chi connectivity index (χ3v) is 2.19. The Hall–Kier alpha value is -0.290. The van der Waals surface area contributed by atoms with Crippen LogP contribution in [-0.2, 0) is 4.74 Å². The fraction of sp³-hybridized carbons (Fsp3) is 1.00. The van der Waals surface area contributed by atoms with Gasteiger partial charge in [-0.05, 0) is 12.8 Å². The van der Waals surface area contributed by atoms with Crippen LogP contribution >= 0.6 is 0 Å². The molecule has 1 N–H and O–H groups in total. The van der Waals surface area contributed by atoms with Gasteiger partial charge in [-0.2, -0.15) is 13.2 Å². The number of rotatable bonds is 6. The second-order valence-electron chi connectivity index (χ2n) is 4.19. The number of halogens is 3. The van der Waals surface area contributed by atoms with Gasteiger partial charge in [-0.25, -0.2) is 0 Å². The van der Waals surface area contributed by atoms with Crippen LogP contribution in [0.5, 0.6) is 0 Å². The lowest BCUT2D eigenvalue weighted by Gasteiger charge is -2.26. The van der Waals surface area contributed by atoms with Gasteiger partial charge in [0.2, 0.25) is 0 Å². The Bertz CT molecular complexity index is 171. The molecule has 5 heteroatoms. The van der Waals surface area contributed by atoms with Crippen LogP contribution < -0.4 is 5.32 Å². The third kappa shape index (κ3) is 7.62. The van der Waals surface area contributed by atoms with Crippen LogP contribution in [0, 0.1) is 5.92 Å². The van der Waals surface area contributed by atoms with Gasteiger partial charge < -0.3 is 10.1 Å². The Kier molecular flexibility index (Phi) is 6.20. The van der Waals surface area contributed by atoms with E-state index in [1.807, 2.05) is 13.8 Å². The number of ether oxygens (including phenoxy) is 1. The van der Waals surface area contributed by atoms with Crippen molar-refractivity contribution in [3.63, 3.8) is 0 Å².